The molecule has 0 amide bonds. The number of piperidine rings is 2. The van der Waals surface area contributed by atoms with Gasteiger partial charge in [-0.3, -0.25) is 0 Å². The van der Waals surface area contributed by atoms with Gasteiger partial charge in [0, 0.05) is 18.5 Å². The Morgan fingerprint density at radius 2 is 1.90 bits per heavy atom. The molecule has 2 nitrogen and oxygen atoms in total. The number of benzene rings is 1. The van der Waals surface area contributed by atoms with Crippen molar-refractivity contribution in [2.45, 2.75) is 38.0 Å². The molecule has 3 heteroatoms. The van der Waals surface area contributed by atoms with Gasteiger partial charge in [-0.25, -0.2) is 0 Å². The molecule has 0 aromatic heterocycles. The van der Waals surface area contributed by atoms with Gasteiger partial charge in [-0.2, -0.15) is 0 Å². The van der Waals surface area contributed by atoms with E-state index in [1.54, 1.807) is 0 Å². The highest BCUT2D eigenvalue weighted by Gasteiger charge is 2.33. The van der Waals surface area contributed by atoms with Crippen LogP contribution in [0.4, 0.5) is 0 Å². The summed E-state index contributed by atoms with van der Waals surface area (Å²) in [6.45, 7) is 8.73. The molecule has 1 N–H and O–H groups in total. The highest BCUT2D eigenvalue weighted by atomic mass is 35.5. The lowest BCUT2D eigenvalue weighted by atomic mass is 9.75. The minimum absolute atomic E-state index is 0. The van der Waals surface area contributed by atoms with E-state index in [1.165, 1.54) is 64.0 Å². The quantitative estimate of drug-likeness (QED) is 0.920. The van der Waals surface area contributed by atoms with Crippen LogP contribution in [-0.2, 0) is 5.41 Å². The zero-order valence-electron chi connectivity index (χ0n) is 13.2. The number of nitrogens with one attached hydrogen (secondary N) is 1. The number of nitrogens with zero attached hydrogens (tertiary/aromatic N) is 1. The van der Waals surface area contributed by atoms with Crippen molar-refractivity contribution in [2.24, 2.45) is 5.92 Å². The first-order chi connectivity index (χ1) is 9.76. The molecule has 3 rings (SSSR count). The Kier molecular flexibility index (Phi) is 6.09. The van der Waals surface area contributed by atoms with Gasteiger partial charge in [0.25, 0.3) is 0 Å². The number of likely N-dealkylation sites (tertiary alicyclic amines) is 1. The van der Waals surface area contributed by atoms with Gasteiger partial charge in [0.05, 0.1) is 0 Å². The molecule has 2 fully saturated rings. The van der Waals surface area contributed by atoms with Gasteiger partial charge in [-0.05, 0) is 56.8 Å². The van der Waals surface area contributed by atoms with Crippen LogP contribution in [0.5, 0.6) is 0 Å². The van der Waals surface area contributed by atoms with Crippen LogP contribution in [0.2, 0.25) is 0 Å². The van der Waals surface area contributed by atoms with Crippen LogP contribution in [0.15, 0.2) is 30.3 Å². The highest BCUT2D eigenvalue weighted by Crippen LogP contribution is 2.34. The van der Waals surface area contributed by atoms with E-state index in [2.05, 4.69) is 47.5 Å². The van der Waals surface area contributed by atoms with E-state index in [9.17, 15) is 0 Å². The maximum atomic E-state index is 3.48. The van der Waals surface area contributed by atoms with Gasteiger partial charge < -0.3 is 10.2 Å². The van der Waals surface area contributed by atoms with E-state index in [-0.39, 0.29) is 12.4 Å². The van der Waals surface area contributed by atoms with E-state index in [1.807, 2.05) is 0 Å². The van der Waals surface area contributed by atoms with Crippen LogP contribution in [0.25, 0.3) is 0 Å². The Hall–Kier alpha value is -0.570. The summed E-state index contributed by atoms with van der Waals surface area (Å²) in [4.78, 5) is 2.73. The lowest BCUT2D eigenvalue weighted by molar-refractivity contribution is 0.126. The molecule has 1 unspecified atom stereocenters. The van der Waals surface area contributed by atoms with E-state index < -0.39 is 0 Å². The highest BCUT2D eigenvalue weighted by molar-refractivity contribution is 5.85. The first-order valence-corrected chi connectivity index (χ1v) is 8.25. The number of rotatable bonds is 3. The Morgan fingerprint density at radius 1 is 1.19 bits per heavy atom. The summed E-state index contributed by atoms with van der Waals surface area (Å²) >= 11 is 0. The van der Waals surface area contributed by atoms with E-state index in [4.69, 9.17) is 0 Å². The Balaban J connectivity index is 0.00000161. The largest absolute Gasteiger partial charge is 0.317 e. The second-order valence-electron chi connectivity index (χ2n) is 6.96. The molecule has 2 heterocycles. The maximum absolute atomic E-state index is 3.48. The molecule has 0 radical (unpaired) electrons. The molecule has 1 aromatic rings. The van der Waals surface area contributed by atoms with Gasteiger partial charge in [-0.1, -0.05) is 37.3 Å². The van der Waals surface area contributed by atoms with Crippen molar-refractivity contribution in [1.82, 2.24) is 10.2 Å². The molecule has 2 aliphatic heterocycles. The fourth-order valence-corrected chi connectivity index (χ4v) is 4.01. The fourth-order valence-electron chi connectivity index (χ4n) is 4.01. The molecule has 1 atom stereocenters. The number of hydrogen-bond donors (Lipinski definition) is 1. The lowest BCUT2D eigenvalue weighted by Crippen LogP contribution is -2.47. The van der Waals surface area contributed by atoms with E-state index in [0.29, 0.717) is 5.41 Å². The van der Waals surface area contributed by atoms with Crippen molar-refractivity contribution in [1.29, 1.82) is 0 Å². The fraction of sp³-hybridized carbons (Fsp3) is 0.667. The van der Waals surface area contributed by atoms with E-state index in [0.717, 1.165) is 5.92 Å². The van der Waals surface area contributed by atoms with Crippen LogP contribution in [0, 0.1) is 5.92 Å². The first kappa shape index (κ1) is 16.8. The Morgan fingerprint density at radius 3 is 2.62 bits per heavy atom. The van der Waals surface area contributed by atoms with Crippen LogP contribution in [-0.4, -0.2) is 37.6 Å². The molecule has 21 heavy (non-hydrogen) atoms. The van der Waals surface area contributed by atoms with Gasteiger partial charge >= 0.3 is 0 Å². The predicted octanol–water partition coefficient (Wildman–Crippen LogP) is 3.46. The topological polar surface area (TPSA) is 15.3 Å². The third-order valence-electron chi connectivity index (χ3n) is 5.22. The average Bonchev–Trinajstić information content (AvgIpc) is 2.49. The summed E-state index contributed by atoms with van der Waals surface area (Å²) in [7, 11) is 0. The van der Waals surface area contributed by atoms with Crippen LogP contribution in [0.1, 0.15) is 38.2 Å². The molecular formula is C18H29ClN2. The summed E-state index contributed by atoms with van der Waals surface area (Å²) in [5, 5.41) is 3.48. The van der Waals surface area contributed by atoms with Crippen LogP contribution < -0.4 is 5.32 Å². The molecular weight excluding hydrogens is 280 g/mol. The smallest absolute Gasteiger partial charge is 0.00761 e. The number of hydrogen-bond acceptors (Lipinski definition) is 2. The van der Waals surface area contributed by atoms with Crippen molar-refractivity contribution in [3.05, 3.63) is 35.9 Å². The lowest BCUT2D eigenvalue weighted by Gasteiger charge is -2.42. The standard InChI is InChI=1S/C18H28N2.ClH/c1-18(17-6-3-2-4-7-17)10-5-13-20(15-18)14-16-8-11-19-12-9-16;/h2-4,6-7,16,19H,5,8-15H2,1H3;1H. The van der Waals surface area contributed by atoms with Crippen LogP contribution >= 0.6 is 12.4 Å². The van der Waals surface area contributed by atoms with Gasteiger partial charge in [0.2, 0.25) is 0 Å². The van der Waals surface area contributed by atoms with Crippen molar-refractivity contribution < 1.29 is 0 Å². The first-order valence-electron chi connectivity index (χ1n) is 8.25. The van der Waals surface area contributed by atoms with E-state index >= 15 is 0 Å². The predicted molar refractivity (Wildman–Crippen MR) is 92.3 cm³/mol. The Labute approximate surface area is 135 Å². The molecule has 1 aromatic carbocycles. The monoisotopic (exact) mass is 308 g/mol. The number of halogens is 1. The third kappa shape index (κ3) is 4.21. The van der Waals surface area contributed by atoms with Crippen LogP contribution in [0.3, 0.4) is 0 Å². The van der Waals surface area contributed by atoms with Gasteiger partial charge in [0.15, 0.2) is 0 Å². The third-order valence-corrected chi connectivity index (χ3v) is 5.22. The summed E-state index contributed by atoms with van der Waals surface area (Å²) < 4.78 is 0. The second kappa shape index (κ2) is 7.62. The van der Waals surface area contributed by atoms with Gasteiger partial charge in [-0.15, -0.1) is 12.4 Å². The molecule has 2 saturated heterocycles. The molecule has 0 spiro atoms. The zero-order valence-corrected chi connectivity index (χ0v) is 14.0. The minimum atomic E-state index is 0. The Bertz CT molecular complexity index is 416. The molecule has 0 saturated carbocycles. The second-order valence-corrected chi connectivity index (χ2v) is 6.96. The normalized spacial score (nSPS) is 28.0. The summed E-state index contributed by atoms with van der Waals surface area (Å²) in [5.41, 5.74) is 1.88. The minimum Gasteiger partial charge on any atom is -0.317 e. The maximum Gasteiger partial charge on any atom is 0.00761 e. The zero-order chi connectivity index (χ0) is 13.8. The summed E-state index contributed by atoms with van der Waals surface area (Å²) in [6.07, 6.45) is 5.40. The molecule has 2 aliphatic rings. The van der Waals surface area contributed by atoms with Crippen molar-refractivity contribution in [3.8, 4) is 0 Å². The molecule has 118 valence electrons. The van der Waals surface area contributed by atoms with Crippen molar-refractivity contribution in [3.63, 3.8) is 0 Å². The SMILES string of the molecule is CC1(c2ccccc2)CCCN(CC2CCNCC2)C1.Cl. The summed E-state index contributed by atoms with van der Waals surface area (Å²) in [5.74, 6) is 0.911. The van der Waals surface area contributed by atoms with Crippen molar-refractivity contribution in [2.75, 3.05) is 32.7 Å². The van der Waals surface area contributed by atoms with Gasteiger partial charge in [0.1, 0.15) is 0 Å². The summed E-state index contributed by atoms with van der Waals surface area (Å²) in [6, 6.07) is 11.1. The van der Waals surface area contributed by atoms with Crippen molar-refractivity contribution >= 4 is 12.4 Å². The molecule has 0 bridgehead atoms. The average molecular weight is 309 g/mol. The molecule has 0 aliphatic carbocycles.